The Morgan fingerprint density at radius 2 is 1.46 bits per heavy atom. The molecule has 14 heteroatoms. The van der Waals surface area contributed by atoms with Crippen LogP contribution >= 0.6 is 0 Å². The smallest absolute Gasteiger partial charge is 0.416 e. The minimum Gasteiger partial charge on any atom is -0.461 e. The average Bonchev–Trinajstić information content (AvgIpc) is 2.84. The van der Waals surface area contributed by atoms with Crippen molar-refractivity contribution in [2.45, 2.75) is 83.3 Å². The number of hydrogen-bond acceptors (Lipinski definition) is 4. The Bertz CT molecular complexity index is 1270. The summed E-state index contributed by atoms with van der Waals surface area (Å²) in [4.78, 5) is 26.9. The number of fused-ring (bicyclic) bond motifs is 1. The van der Waals surface area contributed by atoms with Gasteiger partial charge in [-0.15, -0.1) is 0 Å². The van der Waals surface area contributed by atoms with E-state index in [0.29, 0.717) is 12.1 Å². The van der Waals surface area contributed by atoms with Crippen molar-refractivity contribution in [1.82, 2.24) is 4.90 Å². The fourth-order valence-corrected chi connectivity index (χ4v) is 4.74. The van der Waals surface area contributed by atoms with E-state index in [1.165, 1.54) is 0 Å². The van der Waals surface area contributed by atoms with Crippen LogP contribution < -0.4 is 5.32 Å². The summed E-state index contributed by atoms with van der Waals surface area (Å²) in [6.45, 7) is 4.88. The summed E-state index contributed by atoms with van der Waals surface area (Å²) >= 11 is 0. The first-order chi connectivity index (χ1) is 18.7. The number of hydrogen-bond donors (Lipinski definition) is 1. The largest absolute Gasteiger partial charge is 0.461 e. The van der Waals surface area contributed by atoms with E-state index in [4.69, 9.17) is 4.74 Å². The van der Waals surface area contributed by atoms with Crippen LogP contribution in [0, 0.1) is 0 Å². The van der Waals surface area contributed by atoms with Crippen molar-refractivity contribution in [3.05, 3.63) is 64.2 Å². The molecule has 1 aliphatic heterocycles. The van der Waals surface area contributed by atoms with E-state index in [1.807, 2.05) is 0 Å². The Hall–Kier alpha value is -3.45. The van der Waals surface area contributed by atoms with E-state index in [-0.39, 0.29) is 30.2 Å². The first kappa shape index (κ1) is 32.1. The molecule has 1 amide bonds. The number of alkyl halides is 9. The van der Waals surface area contributed by atoms with Gasteiger partial charge in [0.2, 0.25) is 5.91 Å². The molecule has 1 N–H and O–H groups in total. The molecule has 0 radical (unpaired) electrons. The zero-order valence-corrected chi connectivity index (χ0v) is 22.3. The molecule has 0 spiro atoms. The monoisotopic (exact) mass is 598 g/mol. The number of halogens is 9. The number of esters is 1. The lowest BCUT2D eigenvalue weighted by molar-refractivity contribution is -0.155. The van der Waals surface area contributed by atoms with E-state index in [9.17, 15) is 49.1 Å². The molecule has 0 fully saturated rings. The molecule has 0 saturated heterocycles. The van der Waals surface area contributed by atoms with Gasteiger partial charge in [0.25, 0.3) is 0 Å². The Labute approximate surface area is 229 Å². The molecule has 0 saturated carbocycles. The van der Waals surface area contributed by atoms with E-state index in [2.05, 4.69) is 5.32 Å². The number of rotatable bonds is 6. The topological polar surface area (TPSA) is 58.6 Å². The first-order valence-corrected chi connectivity index (χ1v) is 12.4. The van der Waals surface area contributed by atoms with Gasteiger partial charge in [-0.25, -0.2) is 4.79 Å². The van der Waals surface area contributed by atoms with E-state index in [0.717, 1.165) is 30.0 Å². The number of anilines is 1. The number of carbonyl (C=O) groups is 2. The van der Waals surface area contributed by atoms with Crippen LogP contribution in [-0.2, 0) is 39.4 Å². The molecule has 1 heterocycles. The van der Waals surface area contributed by atoms with Crippen molar-refractivity contribution in [3.63, 3.8) is 0 Å². The minimum absolute atomic E-state index is 0.0306. The van der Waals surface area contributed by atoms with Crippen molar-refractivity contribution in [2.24, 2.45) is 0 Å². The quantitative estimate of drug-likeness (QED) is 0.273. The van der Waals surface area contributed by atoms with Gasteiger partial charge in [-0.1, -0.05) is 6.92 Å². The van der Waals surface area contributed by atoms with Crippen LogP contribution in [-0.4, -0.2) is 28.4 Å². The van der Waals surface area contributed by atoms with Gasteiger partial charge in [-0.2, -0.15) is 39.5 Å². The molecule has 0 bridgehead atoms. The number of nitrogens with zero attached hydrogens (tertiary/aromatic N) is 1. The van der Waals surface area contributed by atoms with Crippen LogP contribution in [0.2, 0.25) is 0 Å². The fraction of sp³-hybridized carbons (Fsp3) is 0.481. The van der Waals surface area contributed by atoms with Crippen LogP contribution in [0.15, 0.2) is 36.4 Å². The molecule has 0 aliphatic carbocycles. The molecule has 2 aromatic carbocycles. The third kappa shape index (κ3) is 7.07. The molecule has 2 atom stereocenters. The molecule has 1 aliphatic rings. The maximum atomic E-state index is 13.6. The summed E-state index contributed by atoms with van der Waals surface area (Å²) in [7, 11) is 0. The van der Waals surface area contributed by atoms with Crippen LogP contribution in [0.4, 0.5) is 45.2 Å². The van der Waals surface area contributed by atoms with Gasteiger partial charge in [0, 0.05) is 25.6 Å². The standard InChI is InChI=1S/C27H27F9N2O3/c1-5-24(23(40)41-14(2)3)12-22(20-11-17(25(28,29)30)6-7-21(20)37-24)38(15(4)39)13-16-8-18(26(31,32)33)10-19(9-16)27(34,35)36/h6-11,14,22,37H,5,12-13H2,1-4H3/t22-,24+/m0/s1. The molecule has 2 aromatic rings. The highest BCUT2D eigenvalue weighted by molar-refractivity contribution is 5.87. The van der Waals surface area contributed by atoms with E-state index in [1.54, 1.807) is 20.8 Å². The maximum absolute atomic E-state index is 13.6. The molecule has 3 rings (SSSR count). The summed E-state index contributed by atoms with van der Waals surface area (Å²) in [5, 5.41) is 2.91. The SMILES string of the molecule is CC[C@]1(C(=O)OC(C)C)C[C@H](N(Cc2cc(C(F)(F)F)cc(C(F)(F)F)c2)C(C)=O)c2cc(C(F)(F)F)ccc2N1. The first-order valence-electron chi connectivity index (χ1n) is 12.4. The second-order valence-corrected chi connectivity index (χ2v) is 10.1. The zero-order valence-electron chi connectivity index (χ0n) is 22.3. The predicted molar refractivity (Wildman–Crippen MR) is 129 cm³/mol. The number of carbonyl (C=O) groups excluding carboxylic acids is 2. The summed E-state index contributed by atoms with van der Waals surface area (Å²) in [5.74, 6) is -1.64. The lowest BCUT2D eigenvalue weighted by Crippen LogP contribution is -2.53. The van der Waals surface area contributed by atoms with Gasteiger partial charge in [-0.05, 0) is 67.8 Å². The minimum atomic E-state index is -5.15. The molecule has 0 unspecified atom stereocenters. The van der Waals surface area contributed by atoms with E-state index >= 15 is 0 Å². The summed E-state index contributed by atoms with van der Waals surface area (Å²) in [6, 6.07) is 2.02. The molecular weight excluding hydrogens is 571 g/mol. The van der Waals surface area contributed by atoms with Gasteiger partial charge in [0.05, 0.1) is 28.8 Å². The van der Waals surface area contributed by atoms with Crippen molar-refractivity contribution in [2.75, 3.05) is 5.32 Å². The lowest BCUT2D eigenvalue weighted by Gasteiger charge is -2.45. The summed E-state index contributed by atoms with van der Waals surface area (Å²) in [5.41, 5.74) is -6.53. The fourth-order valence-electron chi connectivity index (χ4n) is 4.74. The zero-order chi connectivity index (χ0) is 31.1. The Morgan fingerprint density at radius 1 is 0.927 bits per heavy atom. The molecule has 0 aromatic heterocycles. The highest BCUT2D eigenvalue weighted by Crippen LogP contribution is 2.46. The summed E-state index contributed by atoms with van der Waals surface area (Å²) in [6.07, 6.45) is -16.0. The van der Waals surface area contributed by atoms with Gasteiger partial charge in [0.15, 0.2) is 0 Å². The van der Waals surface area contributed by atoms with Crippen LogP contribution in [0.25, 0.3) is 0 Å². The molecule has 41 heavy (non-hydrogen) atoms. The lowest BCUT2D eigenvalue weighted by atomic mass is 9.79. The normalized spacial score (nSPS) is 19.4. The maximum Gasteiger partial charge on any atom is 0.416 e. The Kier molecular flexibility index (Phi) is 8.67. The Balaban J connectivity index is 2.21. The third-order valence-electron chi connectivity index (χ3n) is 6.77. The molecule has 5 nitrogen and oxygen atoms in total. The van der Waals surface area contributed by atoms with E-state index < -0.39 is 76.9 Å². The number of ether oxygens (including phenoxy) is 1. The number of benzene rings is 2. The highest BCUT2D eigenvalue weighted by atomic mass is 19.4. The van der Waals surface area contributed by atoms with Gasteiger partial charge in [-0.3, -0.25) is 4.79 Å². The number of nitrogens with one attached hydrogen (secondary N) is 1. The van der Waals surface area contributed by atoms with Crippen LogP contribution in [0.3, 0.4) is 0 Å². The van der Waals surface area contributed by atoms with Crippen molar-refractivity contribution >= 4 is 17.6 Å². The van der Waals surface area contributed by atoms with Crippen molar-refractivity contribution in [3.8, 4) is 0 Å². The Morgan fingerprint density at radius 3 is 1.90 bits per heavy atom. The van der Waals surface area contributed by atoms with Gasteiger partial charge in [0.1, 0.15) is 5.54 Å². The van der Waals surface area contributed by atoms with Gasteiger partial charge < -0.3 is 15.0 Å². The van der Waals surface area contributed by atoms with Gasteiger partial charge >= 0.3 is 24.5 Å². The predicted octanol–water partition coefficient (Wildman–Crippen LogP) is 7.75. The second kappa shape index (κ2) is 11.1. The second-order valence-electron chi connectivity index (χ2n) is 10.1. The van der Waals surface area contributed by atoms with Crippen LogP contribution in [0.1, 0.15) is 74.4 Å². The third-order valence-corrected chi connectivity index (χ3v) is 6.77. The number of amides is 1. The average molecular weight is 599 g/mol. The molecular formula is C27H27F9N2O3. The van der Waals surface area contributed by atoms with Crippen molar-refractivity contribution < 1.29 is 53.8 Å². The van der Waals surface area contributed by atoms with Crippen molar-refractivity contribution in [1.29, 1.82) is 0 Å². The molecule has 226 valence electrons. The van der Waals surface area contributed by atoms with Crippen LogP contribution in [0.5, 0.6) is 0 Å². The summed E-state index contributed by atoms with van der Waals surface area (Å²) < 4.78 is 127. The highest BCUT2D eigenvalue weighted by Gasteiger charge is 2.48.